The largest absolute Gasteiger partial charge is 0.265 e. The summed E-state index contributed by atoms with van der Waals surface area (Å²) in [5.74, 6) is -0.728. The van der Waals surface area contributed by atoms with E-state index in [0.29, 0.717) is 8.95 Å². The average Bonchev–Trinajstić information content (AvgIpc) is 2.27. The van der Waals surface area contributed by atoms with Crippen molar-refractivity contribution in [3.63, 3.8) is 0 Å². The number of benzene rings is 1. The second-order valence-corrected chi connectivity index (χ2v) is 7.02. The smallest absolute Gasteiger partial charge is 0.263 e. The van der Waals surface area contributed by atoms with Crippen LogP contribution in [-0.4, -0.2) is 13.4 Å². The molecule has 0 spiro atoms. The van der Waals surface area contributed by atoms with E-state index in [1.807, 2.05) is 0 Å². The summed E-state index contributed by atoms with van der Waals surface area (Å²) in [7, 11) is -4.01. The number of rotatable bonds is 3. The Kier molecular flexibility index (Phi) is 4.22. The monoisotopic (exact) mass is 408 g/mol. The molecule has 0 aliphatic heterocycles. The van der Waals surface area contributed by atoms with Crippen molar-refractivity contribution >= 4 is 47.7 Å². The van der Waals surface area contributed by atoms with E-state index < -0.39 is 20.7 Å². The molecule has 1 N–H and O–H groups in total. The molecular weight excluding hydrogens is 403 g/mol. The zero-order chi connectivity index (χ0) is 14.0. The summed E-state index contributed by atoms with van der Waals surface area (Å²) in [5.41, 5.74) is 0. The third-order valence-electron chi connectivity index (χ3n) is 2.14. The van der Waals surface area contributed by atoms with Gasteiger partial charge in [0.25, 0.3) is 10.0 Å². The lowest BCUT2D eigenvalue weighted by atomic mass is 10.3. The molecule has 100 valence electrons. The first-order valence-corrected chi connectivity index (χ1v) is 8.05. The fourth-order valence-corrected chi connectivity index (χ4v) is 3.07. The highest BCUT2D eigenvalue weighted by Gasteiger charge is 2.19. The molecule has 2 aromatic rings. The Hall–Kier alpha value is -0.990. The Morgan fingerprint density at radius 1 is 1.11 bits per heavy atom. The molecule has 0 amide bonds. The Morgan fingerprint density at radius 3 is 2.42 bits per heavy atom. The molecule has 19 heavy (non-hydrogen) atoms. The van der Waals surface area contributed by atoms with Crippen LogP contribution < -0.4 is 4.72 Å². The van der Waals surface area contributed by atoms with Gasteiger partial charge in [0, 0.05) is 15.1 Å². The van der Waals surface area contributed by atoms with Crippen molar-refractivity contribution in [1.29, 1.82) is 0 Å². The third-order valence-corrected chi connectivity index (χ3v) is 4.52. The minimum atomic E-state index is -4.01. The summed E-state index contributed by atoms with van der Waals surface area (Å²) in [6, 6.07) is 6.85. The van der Waals surface area contributed by atoms with E-state index >= 15 is 0 Å². The predicted octanol–water partition coefficient (Wildman–Crippen LogP) is 3.55. The lowest BCUT2D eigenvalue weighted by Gasteiger charge is -2.08. The number of nitrogens with one attached hydrogen (secondary N) is 1. The van der Waals surface area contributed by atoms with E-state index in [1.54, 1.807) is 6.07 Å². The molecule has 0 fully saturated rings. The lowest BCUT2D eigenvalue weighted by Crippen LogP contribution is -2.15. The first-order valence-electron chi connectivity index (χ1n) is 4.98. The highest BCUT2D eigenvalue weighted by Crippen LogP contribution is 2.22. The quantitative estimate of drug-likeness (QED) is 0.843. The van der Waals surface area contributed by atoms with Crippen molar-refractivity contribution < 1.29 is 12.8 Å². The van der Waals surface area contributed by atoms with E-state index in [9.17, 15) is 12.8 Å². The van der Waals surface area contributed by atoms with E-state index in [0.717, 1.165) is 6.07 Å². The number of halogens is 3. The number of hydrogen-bond donors (Lipinski definition) is 1. The fraction of sp³-hybridized carbons (Fsp3) is 0. The van der Waals surface area contributed by atoms with Crippen molar-refractivity contribution in [2.75, 3.05) is 4.72 Å². The molecule has 0 unspecified atom stereocenters. The second kappa shape index (κ2) is 5.56. The molecule has 0 aliphatic carbocycles. The van der Waals surface area contributed by atoms with Crippen LogP contribution in [0.15, 0.2) is 50.4 Å². The summed E-state index contributed by atoms with van der Waals surface area (Å²) >= 11 is 6.26. The first-order chi connectivity index (χ1) is 8.88. The van der Waals surface area contributed by atoms with Crippen LogP contribution in [0.25, 0.3) is 0 Å². The van der Waals surface area contributed by atoms with Crippen molar-refractivity contribution in [3.05, 3.63) is 51.3 Å². The van der Waals surface area contributed by atoms with Gasteiger partial charge in [-0.25, -0.2) is 17.8 Å². The summed E-state index contributed by atoms with van der Waals surface area (Å²) in [4.78, 5) is 3.41. The minimum Gasteiger partial charge on any atom is -0.263 e. The van der Waals surface area contributed by atoms with Crippen LogP contribution in [0.1, 0.15) is 0 Å². The van der Waals surface area contributed by atoms with E-state index in [1.165, 1.54) is 24.4 Å². The van der Waals surface area contributed by atoms with Crippen molar-refractivity contribution in [2.45, 2.75) is 4.90 Å². The van der Waals surface area contributed by atoms with Crippen LogP contribution in [0.5, 0.6) is 0 Å². The van der Waals surface area contributed by atoms with Crippen molar-refractivity contribution in [3.8, 4) is 0 Å². The zero-order valence-corrected chi connectivity index (χ0v) is 13.3. The highest BCUT2D eigenvalue weighted by molar-refractivity contribution is 9.10. The molecule has 0 aliphatic rings. The molecule has 0 radical (unpaired) electrons. The van der Waals surface area contributed by atoms with Crippen LogP contribution in [-0.2, 0) is 10.0 Å². The number of hydrogen-bond acceptors (Lipinski definition) is 3. The van der Waals surface area contributed by atoms with Gasteiger partial charge in [0.15, 0.2) is 0 Å². The van der Waals surface area contributed by atoms with Gasteiger partial charge in [-0.2, -0.15) is 0 Å². The average molecular weight is 410 g/mol. The number of pyridine rings is 1. The molecule has 0 atom stereocenters. The minimum absolute atomic E-state index is 0.108. The number of nitrogens with zero attached hydrogens (tertiary/aromatic N) is 1. The number of aromatic nitrogens is 1. The maximum absolute atomic E-state index is 13.6. The van der Waals surface area contributed by atoms with E-state index in [2.05, 4.69) is 41.6 Å². The predicted molar refractivity (Wildman–Crippen MR) is 76.8 cm³/mol. The SMILES string of the molecule is O=S(=O)(Nc1cc(Br)ccn1)c1ccc(Br)cc1F. The molecule has 4 nitrogen and oxygen atoms in total. The number of anilines is 1. The van der Waals surface area contributed by atoms with Gasteiger partial charge in [-0.1, -0.05) is 31.9 Å². The molecular formula is C11H7Br2FN2O2S. The Bertz CT molecular complexity index is 722. The summed E-state index contributed by atoms with van der Waals surface area (Å²) < 4.78 is 41.0. The summed E-state index contributed by atoms with van der Waals surface area (Å²) in [5, 5.41) is 0. The van der Waals surface area contributed by atoms with E-state index in [-0.39, 0.29) is 5.82 Å². The second-order valence-electron chi connectivity index (χ2n) is 3.54. The lowest BCUT2D eigenvalue weighted by molar-refractivity contribution is 0.569. The van der Waals surface area contributed by atoms with Crippen molar-refractivity contribution in [2.24, 2.45) is 0 Å². The van der Waals surface area contributed by atoms with Crippen molar-refractivity contribution in [1.82, 2.24) is 4.98 Å². The molecule has 1 heterocycles. The summed E-state index contributed by atoms with van der Waals surface area (Å²) in [6.07, 6.45) is 1.43. The Morgan fingerprint density at radius 2 is 1.79 bits per heavy atom. The van der Waals surface area contributed by atoms with Crippen LogP contribution in [0, 0.1) is 5.82 Å². The fourth-order valence-electron chi connectivity index (χ4n) is 1.35. The molecule has 1 aromatic heterocycles. The molecule has 0 saturated heterocycles. The molecule has 8 heteroatoms. The van der Waals surface area contributed by atoms with Gasteiger partial charge in [0.1, 0.15) is 16.5 Å². The molecule has 0 saturated carbocycles. The molecule has 0 bridgehead atoms. The van der Waals surface area contributed by atoms with Crippen LogP contribution in [0.2, 0.25) is 0 Å². The third kappa shape index (κ3) is 3.52. The molecule has 2 rings (SSSR count). The normalized spacial score (nSPS) is 11.3. The maximum Gasteiger partial charge on any atom is 0.265 e. The standard InChI is InChI=1S/C11H7Br2FN2O2S/c12-7-1-2-10(9(14)5-7)19(17,18)16-11-6-8(13)3-4-15-11/h1-6H,(H,15,16). The topological polar surface area (TPSA) is 59.1 Å². The molecule has 1 aromatic carbocycles. The highest BCUT2D eigenvalue weighted by atomic mass is 79.9. The van der Waals surface area contributed by atoms with Gasteiger partial charge in [-0.3, -0.25) is 4.72 Å². The maximum atomic E-state index is 13.6. The van der Waals surface area contributed by atoms with Gasteiger partial charge in [-0.15, -0.1) is 0 Å². The van der Waals surface area contributed by atoms with Gasteiger partial charge < -0.3 is 0 Å². The Labute approximate surface area is 126 Å². The van der Waals surface area contributed by atoms with E-state index in [4.69, 9.17) is 0 Å². The van der Waals surface area contributed by atoms with Gasteiger partial charge in [-0.05, 0) is 30.3 Å². The van der Waals surface area contributed by atoms with Gasteiger partial charge >= 0.3 is 0 Å². The van der Waals surface area contributed by atoms with Gasteiger partial charge in [0.2, 0.25) is 0 Å². The Balaban J connectivity index is 2.38. The van der Waals surface area contributed by atoms with Gasteiger partial charge in [0.05, 0.1) is 0 Å². The first kappa shape index (κ1) is 14.4. The number of sulfonamides is 1. The van der Waals surface area contributed by atoms with Crippen LogP contribution in [0.3, 0.4) is 0 Å². The summed E-state index contributed by atoms with van der Waals surface area (Å²) in [6.45, 7) is 0. The van der Waals surface area contributed by atoms with Crippen LogP contribution in [0.4, 0.5) is 10.2 Å². The van der Waals surface area contributed by atoms with Crippen LogP contribution >= 0.6 is 31.9 Å². The zero-order valence-electron chi connectivity index (χ0n) is 9.27.